The molecular formula is C29H27ClF6O4. The highest BCUT2D eigenvalue weighted by molar-refractivity contribution is 6.31. The second kappa shape index (κ2) is 12.8. The van der Waals surface area contributed by atoms with Gasteiger partial charge in [-0.25, -0.2) is 17.6 Å². The molecule has 0 unspecified atom stereocenters. The van der Waals surface area contributed by atoms with E-state index in [9.17, 15) is 13.2 Å². The quantitative estimate of drug-likeness (QED) is 0.135. The number of aryl methyl sites for hydroxylation is 1. The molecule has 4 rings (SSSR count). The Morgan fingerprint density at radius 3 is 2.17 bits per heavy atom. The molecule has 11 heteroatoms. The topological polar surface area (TPSA) is 36.9 Å². The first-order chi connectivity index (χ1) is 19.0. The maximum absolute atomic E-state index is 15.1. The zero-order chi connectivity index (χ0) is 29.0. The van der Waals surface area contributed by atoms with Crippen LogP contribution in [-0.4, -0.2) is 26.4 Å². The van der Waals surface area contributed by atoms with Crippen LogP contribution in [0.3, 0.4) is 0 Å². The Hall–Kier alpha value is -2.79. The lowest BCUT2D eigenvalue weighted by Crippen LogP contribution is -2.29. The SMILES string of the molecule is CCCOCCC1COC(c2cc(C)c(C(F)(F)Oc3ccc(-c4cc(F)c(Cl)c(F)c4)c(F)c3)c(F)c2)OC1. The average molecular weight is 589 g/mol. The van der Waals surface area contributed by atoms with Crippen LogP contribution in [0, 0.1) is 36.1 Å². The molecular weight excluding hydrogens is 562 g/mol. The predicted molar refractivity (Wildman–Crippen MR) is 136 cm³/mol. The highest BCUT2D eigenvalue weighted by Gasteiger charge is 2.40. The summed E-state index contributed by atoms with van der Waals surface area (Å²) in [5.74, 6) is -5.11. The van der Waals surface area contributed by atoms with Crippen LogP contribution >= 0.6 is 11.6 Å². The van der Waals surface area contributed by atoms with Gasteiger partial charge >= 0.3 is 6.11 Å². The smallest absolute Gasteiger partial charge is 0.429 e. The highest BCUT2D eigenvalue weighted by Crippen LogP contribution is 2.39. The number of alkyl halides is 2. The van der Waals surface area contributed by atoms with E-state index in [0.29, 0.717) is 32.5 Å². The van der Waals surface area contributed by atoms with Gasteiger partial charge in [-0.05, 0) is 61.2 Å². The molecule has 4 nitrogen and oxygen atoms in total. The van der Waals surface area contributed by atoms with E-state index in [4.69, 9.17) is 25.8 Å². The predicted octanol–water partition coefficient (Wildman–Crippen LogP) is 8.48. The van der Waals surface area contributed by atoms with Gasteiger partial charge in [-0.1, -0.05) is 24.6 Å². The van der Waals surface area contributed by atoms with Gasteiger partial charge in [0.1, 0.15) is 39.6 Å². The van der Waals surface area contributed by atoms with Gasteiger partial charge in [0.25, 0.3) is 0 Å². The van der Waals surface area contributed by atoms with E-state index in [0.717, 1.165) is 43.2 Å². The molecule has 0 atom stereocenters. The number of ether oxygens (including phenoxy) is 4. The van der Waals surface area contributed by atoms with Gasteiger partial charge < -0.3 is 18.9 Å². The third-order valence-electron chi connectivity index (χ3n) is 6.34. The van der Waals surface area contributed by atoms with Crippen LogP contribution in [0.2, 0.25) is 5.02 Å². The fourth-order valence-corrected chi connectivity index (χ4v) is 4.49. The first-order valence-electron chi connectivity index (χ1n) is 12.6. The number of rotatable bonds is 10. The Morgan fingerprint density at radius 1 is 0.900 bits per heavy atom. The Labute approximate surface area is 232 Å². The molecule has 0 radical (unpaired) electrons. The maximum atomic E-state index is 15.1. The first-order valence-corrected chi connectivity index (χ1v) is 13.0. The van der Waals surface area contributed by atoms with Gasteiger partial charge in [0.05, 0.1) is 13.2 Å². The van der Waals surface area contributed by atoms with E-state index in [2.05, 4.69) is 4.74 Å². The van der Waals surface area contributed by atoms with Gasteiger partial charge in [-0.3, -0.25) is 0 Å². The van der Waals surface area contributed by atoms with Gasteiger partial charge in [-0.2, -0.15) is 8.78 Å². The van der Waals surface area contributed by atoms with Crippen LogP contribution in [0.15, 0.2) is 42.5 Å². The van der Waals surface area contributed by atoms with E-state index in [-0.39, 0.29) is 28.2 Å². The van der Waals surface area contributed by atoms with E-state index >= 15 is 13.2 Å². The van der Waals surface area contributed by atoms with Gasteiger partial charge in [0.2, 0.25) is 0 Å². The zero-order valence-electron chi connectivity index (χ0n) is 21.7. The lowest BCUT2D eigenvalue weighted by Gasteiger charge is -2.30. The molecule has 0 spiro atoms. The normalized spacial score (nSPS) is 17.7. The van der Waals surface area contributed by atoms with Gasteiger partial charge in [0, 0.05) is 36.3 Å². The summed E-state index contributed by atoms with van der Waals surface area (Å²) in [4.78, 5) is 0. The summed E-state index contributed by atoms with van der Waals surface area (Å²) >= 11 is 5.45. The lowest BCUT2D eigenvalue weighted by molar-refractivity contribution is -0.207. The molecule has 40 heavy (non-hydrogen) atoms. The number of hydrogen-bond donors (Lipinski definition) is 0. The molecule has 1 heterocycles. The van der Waals surface area contributed by atoms with Crippen molar-refractivity contribution >= 4 is 11.6 Å². The summed E-state index contributed by atoms with van der Waals surface area (Å²) in [5, 5.41) is -0.758. The zero-order valence-corrected chi connectivity index (χ0v) is 22.5. The first kappa shape index (κ1) is 30.2. The maximum Gasteiger partial charge on any atom is 0.429 e. The summed E-state index contributed by atoms with van der Waals surface area (Å²) < 4.78 is 109. The van der Waals surface area contributed by atoms with Crippen molar-refractivity contribution in [2.45, 2.75) is 39.1 Å². The Balaban J connectivity index is 1.46. The fourth-order valence-electron chi connectivity index (χ4n) is 4.38. The molecule has 1 saturated heterocycles. The van der Waals surface area contributed by atoms with E-state index < -0.39 is 52.0 Å². The minimum atomic E-state index is -4.18. The molecule has 0 saturated carbocycles. The fraction of sp³-hybridized carbons (Fsp3) is 0.379. The van der Waals surface area contributed by atoms with Gasteiger partial charge in [0.15, 0.2) is 6.29 Å². The standard InChI is InChI=1S/C29H27ClF6O4/c1-3-7-37-8-6-17-14-38-28(39-15-17)19-9-16(2)26(23(32)12-19)29(35,36)40-20-4-5-21(22(31)13-20)18-10-24(33)27(30)25(34)11-18/h4-5,9-13,17,28H,3,6-8,14-15H2,1-2H3. The third-order valence-corrected chi connectivity index (χ3v) is 6.70. The van der Waals surface area contributed by atoms with Crippen molar-refractivity contribution in [2.24, 2.45) is 5.92 Å². The van der Waals surface area contributed by atoms with Crippen LogP contribution in [0.25, 0.3) is 11.1 Å². The summed E-state index contributed by atoms with van der Waals surface area (Å²) in [6.45, 7) is 5.22. The molecule has 0 aromatic heterocycles. The lowest BCUT2D eigenvalue weighted by atomic mass is 10.0. The molecule has 3 aromatic carbocycles. The second-order valence-corrected chi connectivity index (χ2v) is 9.85. The van der Waals surface area contributed by atoms with Crippen LogP contribution < -0.4 is 4.74 Å². The summed E-state index contributed by atoms with van der Waals surface area (Å²) in [5.41, 5.74) is -1.42. The van der Waals surface area contributed by atoms with Crippen molar-refractivity contribution in [3.8, 4) is 16.9 Å². The molecule has 0 aliphatic carbocycles. The van der Waals surface area contributed by atoms with Crippen LogP contribution in [0.4, 0.5) is 26.3 Å². The van der Waals surface area contributed by atoms with E-state index in [1.54, 1.807) is 0 Å². The molecule has 216 valence electrons. The molecule has 1 fully saturated rings. The number of hydrogen-bond acceptors (Lipinski definition) is 4. The monoisotopic (exact) mass is 588 g/mol. The molecule has 1 aliphatic rings. The highest BCUT2D eigenvalue weighted by atomic mass is 35.5. The van der Waals surface area contributed by atoms with Crippen molar-refractivity contribution in [1.29, 1.82) is 0 Å². The average Bonchev–Trinajstić information content (AvgIpc) is 2.89. The largest absolute Gasteiger partial charge is 0.429 e. The Bertz CT molecular complexity index is 1300. The second-order valence-electron chi connectivity index (χ2n) is 9.47. The summed E-state index contributed by atoms with van der Waals surface area (Å²) in [6, 6.07) is 6.42. The van der Waals surface area contributed by atoms with Gasteiger partial charge in [-0.15, -0.1) is 0 Å². The van der Waals surface area contributed by atoms with Crippen LogP contribution in [0.1, 0.15) is 42.7 Å². The molecule has 1 aliphatic heterocycles. The van der Waals surface area contributed by atoms with Crippen molar-refractivity contribution in [3.05, 3.63) is 87.4 Å². The number of halogens is 7. The molecule has 0 N–H and O–H groups in total. The van der Waals surface area contributed by atoms with Crippen molar-refractivity contribution in [3.63, 3.8) is 0 Å². The van der Waals surface area contributed by atoms with E-state index in [1.165, 1.54) is 13.0 Å². The minimum absolute atomic E-state index is 0.0978. The van der Waals surface area contributed by atoms with E-state index in [1.807, 2.05) is 6.92 Å². The van der Waals surface area contributed by atoms with Crippen LogP contribution in [0.5, 0.6) is 5.75 Å². The van der Waals surface area contributed by atoms with Crippen LogP contribution in [-0.2, 0) is 20.3 Å². The Morgan fingerprint density at radius 2 is 1.57 bits per heavy atom. The Kier molecular flexibility index (Phi) is 9.66. The summed E-state index contributed by atoms with van der Waals surface area (Å²) in [6.07, 6.45) is -3.45. The minimum Gasteiger partial charge on any atom is -0.429 e. The number of benzene rings is 3. The molecule has 0 bridgehead atoms. The molecule has 3 aromatic rings. The van der Waals surface area contributed by atoms with Crippen molar-refractivity contribution in [1.82, 2.24) is 0 Å². The summed E-state index contributed by atoms with van der Waals surface area (Å²) in [7, 11) is 0. The van der Waals surface area contributed by atoms with Crippen molar-refractivity contribution < 1.29 is 45.3 Å². The third kappa shape index (κ3) is 6.91. The van der Waals surface area contributed by atoms with Crippen molar-refractivity contribution in [2.75, 3.05) is 26.4 Å². The molecule has 0 amide bonds.